The molecule has 0 spiro atoms. The van der Waals surface area contributed by atoms with Crippen molar-refractivity contribution in [2.75, 3.05) is 13.1 Å². The highest BCUT2D eigenvalue weighted by Crippen LogP contribution is 2.40. The molecule has 304 valence electrons. The minimum Gasteiger partial charge on any atom is -0.490 e. The lowest BCUT2D eigenvalue weighted by molar-refractivity contribution is 0.0881. The average Bonchev–Trinajstić information content (AvgIpc) is 3.72. The zero-order valence-corrected chi connectivity index (χ0v) is 35.2. The van der Waals surface area contributed by atoms with Gasteiger partial charge in [-0.05, 0) is 143 Å². The van der Waals surface area contributed by atoms with Crippen LogP contribution in [0.3, 0.4) is 0 Å². The Morgan fingerprint density at radius 2 is 1.09 bits per heavy atom. The molecular formula is C48H65N7O2. The Bertz CT molecular complexity index is 2030. The van der Waals surface area contributed by atoms with Crippen molar-refractivity contribution in [3.8, 4) is 17.6 Å². The van der Waals surface area contributed by atoms with Crippen LogP contribution in [0.25, 0.3) is 21.5 Å². The molecule has 57 heavy (non-hydrogen) atoms. The SMILES string of the molecule is CC(C)(C)C1CCC(Oc2ccc3cc(CNCCC#N)ccc3c2)CC1.CC(C)(C)C1CCC(Oc2ccc3cc(CNCCc4nn[nH]n4)ccc3c2)CC1. The maximum absolute atomic E-state index is 8.59. The fourth-order valence-electron chi connectivity index (χ4n) is 8.49. The number of ether oxygens (including phenoxy) is 2. The fourth-order valence-corrected chi connectivity index (χ4v) is 8.49. The van der Waals surface area contributed by atoms with Gasteiger partial charge in [0.05, 0.1) is 18.3 Å². The van der Waals surface area contributed by atoms with Crippen LogP contribution in [0.1, 0.15) is 116 Å². The third-order valence-corrected chi connectivity index (χ3v) is 12.1. The van der Waals surface area contributed by atoms with E-state index in [4.69, 9.17) is 14.7 Å². The molecule has 0 bridgehead atoms. The predicted molar refractivity (Wildman–Crippen MR) is 231 cm³/mol. The number of H-pyrrole nitrogens is 1. The number of nitrogens with one attached hydrogen (secondary N) is 3. The lowest BCUT2D eigenvalue weighted by atomic mass is 9.72. The van der Waals surface area contributed by atoms with Crippen LogP contribution < -0.4 is 20.1 Å². The minimum atomic E-state index is 0.351. The summed E-state index contributed by atoms with van der Waals surface area (Å²) in [6.07, 6.45) is 11.7. The largest absolute Gasteiger partial charge is 0.490 e. The van der Waals surface area contributed by atoms with Gasteiger partial charge in [0.25, 0.3) is 0 Å². The maximum Gasteiger partial charge on any atom is 0.175 e. The summed E-state index contributed by atoms with van der Waals surface area (Å²) in [5, 5.41) is 34.2. The van der Waals surface area contributed by atoms with Gasteiger partial charge in [0.1, 0.15) is 11.5 Å². The van der Waals surface area contributed by atoms with Crippen molar-refractivity contribution in [1.29, 1.82) is 5.26 Å². The van der Waals surface area contributed by atoms with Crippen molar-refractivity contribution >= 4 is 21.5 Å². The summed E-state index contributed by atoms with van der Waals surface area (Å²) >= 11 is 0. The number of aromatic nitrogens is 4. The lowest BCUT2D eigenvalue weighted by Crippen LogP contribution is -2.30. The Morgan fingerprint density at radius 1 is 0.632 bits per heavy atom. The van der Waals surface area contributed by atoms with E-state index in [1.165, 1.54) is 58.4 Å². The average molecular weight is 772 g/mol. The first-order valence-corrected chi connectivity index (χ1v) is 21.3. The van der Waals surface area contributed by atoms with Gasteiger partial charge in [-0.1, -0.05) is 83.2 Å². The summed E-state index contributed by atoms with van der Waals surface area (Å²) in [5.41, 5.74) is 3.34. The zero-order chi connectivity index (χ0) is 40.3. The number of tetrazole rings is 1. The number of hydrogen-bond donors (Lipinski definition) is 3. The van der Waals surface area contributed by atoms with Gasteiger partial charge in [0.15, 0.2) is 5.82 Å². The number of fused-ring (bicyclic) bond motifs is 2. The molecule has 2 aliphatic rings. The molecular weight excluding hydrogens is 707 g/mol. The normalized spacial score (nSPS) is 20.1. The topological polar surface area (TPSA) is 121 Å². The monoisotopic (exact) mass is 772 g/mol. The van der Waals surface area contributed by atoms with Gasteiger partial charge in [-0.25, -0.2) is 0 Å². The van der Waals surface area contributed by atoms with E-state index in [9.17, 15) is 0 Å². The Kier molecular flexibility index (Phi) is 14.6. The van der Waals surface area contributed by atoms with Gasteiger partial charge in [0, 0.05) is 39.0 Å². The van der Waals surface area contributed by atoms with Crippen LogP contribution in [0, 0.1) is 34.0 Å². The minimum absolute atomic E-state index is 0.351. The number of rotatable bonds is 13. The van der Waals surface area contributed by atoms with E-state index in [-0.39, 0.29) is 0 Å². The summed E-state index contributed by atoms with van der Waals surface area (Å²) in [5.74, 6) is 4.34. The van der Waals surface area contributed by atoms with E-state index in [2.05, 4.69) is 152 Å². The molecule has 0 atom stereocenters. The molecule has 4 aromatic carbocycles. The maximum atomic E-state index is 8.59. The molecule has 3 N–H and O–H groups in total. The van der Waals surface area contributed by atoms with Gasteiger partial charge < -0.3 is 20.1 Å². The van der Waals surface area contributed by atoms with Gasteiger partial charge >= 0.3 is 0 Å². The fraction of sp³-hybridized carbons (Fsp3) is 0.542. The van der Waals surface area contributed by atoms with Gasteiger partial charge in [-0.15, -0.1) is 10.2 Å². The highest BCUT2D eigenvalue weighted by atomic mass is 16.5. The molecule has 9 heteroatoms. The molecule has 9 nitrogen and oxygen atoms in total. The van der Waals surface area contributed by atoms with Gasteiger partial charge in [0.2, 0.25) is 0 Å². The Hall–Kier alpha value is -4.52. The smallest absolute Gasteiger partial charge is 0.175 e. The van der Waals surface area contributed by atoms with Crippen LogP contribution in [-0.2, 0) is 19.5 Å². The Labute approximate surface area is 340 Å². The van der Waals surface area contributed by atoms with Gasteiger partial charge in [-0.2, -0.15) is 10.5 Å². The highest BCUT2D eigenvalue weighted by molar-refractivity contribution is 5.85. The molecule has 0 unspecified atom stereocenters. The zero-order valence-electron chi connectivity index (χ0n) is 35.2. The highest BCUT2D eigenvalue weighted by Gasteiger charge is 2.31. The third-order valence-electron chi connectivity index (χ3n) is 12.1. The van der Waals surface area contributed by atoms with E-state index in [0.29, 0.717) is 29.5 Å². The Morgan fingerprint density at radius 3 is 1.53 bits per heavy atom. The second-order valence-corrected chi connectivity index (χ2v) is 18.4. The number of nitriles is 1. The molecule has 1 aromatic heterocycles. The summed E-state index contributed by atoms with van der Waals surface area (Å²) in [6.45, 7) is 17.3. The number of aromatic amines is 1. The van der Waals surface area contributed by atoms with E-state index in [1.54, 1.807) is 0 Å². The molecule has 5 aromatic rings. The van der Waals surface area contributed by atoms with Crippen LogP contribution in [0.5, 0.6) is 11.5 Å². The standard InChI is InChI=1S/C24H33N5O.C24H32N2O/c1-24(2,3)20-7-10-21(11-8-20)30-22-9-6-18-14-17(4-5-19(18)15-22)16-25-13-12-23-26-28-29-27-23;1-24(2,3)21-8-11-22(12-9-21)27-23-10-7-19-15-18(5-6-20(19)16-23)17-26-14-4-13-25/h4-6,9,14-15,20-21,25H,7-8,10-13,16H2,1-3H3,(H,26,27,28,29);5-7,10,15-16,21-22,26H,4,8-9,11-12,14,17H2,1-3H3. The first kappa shape index (κ1) is 42.1. The van der Waals surface area contributed by atoms with E-state index < -0.39 is 0 Å². The molecule has 1 heterocycles. The number of nitrogens with zero attached hydrogens (tertiary/aromatic N) is 4. The molecule has 2 aliphatic carbocycles. The van der Waals surface area contributed by atoms with Crippen molar-refractivity contribution in [3.05, 3.63) is 89.7 Å². The van der Waals surface area contributed by atoms with Crippen LogP contribution in [0.4, 0.5) is 0 Å². The number of hydrogen-bond acceptors (Lipinski definition) is 8. The molecule has 0 saturated heterocycles. The van der Waals surface area contributed by atoms with Crippen molar-refractivity contribution < 1.29 is 9.47 Å². The second-order valence-electron chi connectivity index (χ2n) is 18.4. The van der Waals surface area contributed by atoms with Crippen molar-refractivity contribution in [3.63, 3.8) is 0 Å². The van der Waals surface area contributed by atoms with Crippen LogP contribution >= 0.6 is 0 Å². The quantitative estimate of drug-likeness (QED) is 0.101. The second kappa shape index (κ2) is 19.8. The number of benzene rings is 4. The predicted octanol–water partition coefficient (Wildman–Crippen LogP) is 10.5. The molecule has 0 radical (unpaired) electrons. The summed E-state index contributed by atoms with van der Waals surface area (Å²) in [7, 11) is 0. The van der Waals surface area contributed by atoms with Crippen molar-refractivity contribution in [2.45, 2.75) is 131 Å². The summed E-state index contributed by atoms with van der Waals surface area (Å²) in [4.78, 5) is 0. The lowest BCUT2D eigenvalue weighted by Gasteiger charge is -2.37. The van der Waals surface area contributed by atoms with Crippen molar-refractivity contribution in [2.24, 2.45) is 22.7 Å². The first-order valence-electron chi connectivity index (χ1n) is 21.3. The first-order chi connectivity index (χ1) is 27.4. The van der Waals surface area contributed by atoms with Crippen LogP contribution in [0.15, 0.2) is 72.8 Å². The Balaban J connectivity index is 0.000000194. The van der Waals surface area contributed by atoms with Gasteiger partial charge in [-0.3, -0.25) is 0 Å². The molecule has 0 amide bonds. The van der Waals surface area contributed by atoms with Crippen molar-refractivity contribution in [1.82, 2.24) is 31.3 Å². The van der Waals surface area contributed by atoms with E-state index in [1.807, 2.05) is 0 Å². The van der Waals surface area contributed by atoms with Crippen LogP contribution in [-0.4, -0.2) is 45.9 Å². The summed E-state index contributed by atoms with van der Waals surface area (Å²) in [6, 6.07) is 28.2. The molecule has 0 aliphatic heterocycles. The van der Waals surface area contributed by atoms with E-state index >= 15 is 0 Å². The van der Waals surface area contributed by atoms with Crippen LogP contribution in [0.2, 0.25) is 0 Å². The molecule has 2 saturated carbocycles. The van der Waals surface area contributed by atoms with E-state index in [0.717, 1.165) is 87.4 Å². The molecule has 2 fully saturated rings. The third kappa shape index (κ3) is 12.7. The summed E-state index contributed by atoms with van der Waals surface area (Å²) < 4.78 is 12.6. The molecule has 7 rings (SSSR count).